The van der Waals surface area contributed by atoms with Crippen LogP contribution in [0.2, 0.25) is 0 Å². The number of furan rings is 1. The van der Waals surface area contributed by atoms with Crippen molar-refractivity contribution in [2.45, 2.75) is 18.4 Å². The fourth-order valence-electron chi connectivity index (χ4n) is 5.35. The standard InChI is InChI=1S/C27H27N3O5/c1-33-26(32)29-11-8-18(15-29)16-30-24(28-27(25(30)31)10-13-34-17-27)20-4-2-19(3-5-20)21-6-7-23-22(14-21)9-12-35-23/h2-7,9,12,14,18H,8,10-11,13,15-17H2,1H3/t18-,27?/m1/s1. The van der Waals surface area contributed by atoms with Crippen molar-refractivity contribution in [1.82, 2.24) is 9.80 Å². The molecule has 1 aromatic heterocycles. The number of nitrogens with zero attached hydrogens (tertiary/aromatic N) is 3. The van der Waals surface area contributed by atoms with Crippen molar-refractivity contribution in [3.05, 3.63) is 60.4 Å². The number of aliphatic imine (C=N–C) groups is 1. The molecule has 2 aromatic carbocycles. The molecular weight excluding hydrogens is 446 g/mol. The largest absolute Gasteiger partial charge is 0.464 e. The van der Waals surface area contributed by atoms with E-state index in [1.807, 2.05) is 35.2 Å². The van der Waals surface area contributed by atoms with E-state index in [9.17, 15) is 9.59 Å². The molecule has 3 aliphatic heterocycles. The molecule has 6 rings (SSSR count). The van der Waals surface area contributed by atoms with Gasteiger partial charge in [0.05, 0.1) is 20.0 Å². The topological polar surface area (TPSA) is 84.6 Å². The van der Waals surface area contributed by atoms with E-state index in [4.69, 9.17) is 18.9 Å². The maximum atomic E-state index is 13.6. The average molecular weight is 474 g/mol. The van der Waals surface area contributed by atoms with E-state index in [-0.39, 0.29) is 17.9 Å². The lowest BCUT2D eigenvalue weighted by Crippen LogP contribution is -2.45. The number of fused-ring (bicyclic) bond motifs is 1. The fraction of sp³-hybridized carbons (Fsp3) is 0.370. The number of hydrogen-bond acceptors (Lipinski definition) is 6. The fourth-order valence-corrected chi connectivity index (χ4v) is 5.35. The summed E-state index contributed by atoms with van der Waals surface area (Å²) in [6.07, 6.45) is 2.79. The van der Waals surface area contributed by atoms with Gasteiger partial charge >= 0.3 is 6.09 Å². The minimum atomic E-state index is -0.832. The molecule has 2 saturated heterocycles. The van der Waals surface area contributed by atoms with E-state index in [0.29, 0.717) is 45.1 Å². The third-order valence-corrected chi connectivity index (χ3v) is 7.31. The highest BCUT2D eigenvalue weighted by Gasteiger charge is 2.51. The number of methoxy groups -OCH3 is 1. The minimum Gasteiger partial charge on any atom is -0.464 e. The summed E-state index contributed by atoms with van der Waals surface area (Å²) >= 11 is 0. The van der Waals surface area contributed by atoms with Crippen molar-refractivity contribution >= 4 is 28.8 Å². The molecule has 0 N–H and O–H groups in total. The number of amides is 2. The molecule has 2 atom stereocenters. The zero-order chi connectivity index (χ0) is 24.0. The lowest BCUT2D eigenvalue weighted by molar-refractivity contribution is -0.131. The SMILES string of the molecule is COC(=O)N1CC[C@@H](CN2C(=O)C3(CCOC3)N=C2c2ccc(-c3ccc4occc4c3)cc2)C1. The van der Waals surface area contributed by atoms with Crippen molar-refractivity contribution in [2.75, 3.05) is 40.0 Å². The van der Waals surface area contributed by atoms with Crippen molar-refractivity contribution in [2.24, 2.45) is 10.9 Å². The van der Waals surface area contributed by atoms with Crippen LogP contribution in [0, 0.1) is 5.92 Å². The Hall–Kier alpha value is -3.65. The molecule has 8 heteroatoms. The molecule has 0 radical (unpaired) electrons. The van der Waals surface area contributed by atoms with Gasteiger partial charge in [-0.15, -0.1) is 0 Å². The lowest BCUT2D eigenvalue weighted by Gasteiger charge is -2.25. The number of benzene rings is 2. The molecule has 0 saturated carbocycles. The van der Waals surface area contributed by atoms with Gasteiger partial charge in [-0.1, -0.05) is 30.3 Å². The summed E-state index contributed by atoms with van der Waals surface area (Å²) in [7, 11) is 1.39. The molecule has 2 fully saturated rings. The van der Waals surface area contributed by atoms with Gasteiger partial charge in [-0.2, -0.15) is 0 Å². The number of likely N-dealkylation sites (tertiary alicyclic amines) is 1. The number of amidine groups is 1. The first-order valence-electron chi connectivity index (χ1n) is 12.0. The van der Waals surface area contributed by atoms with Crippen LogP contribution in [0.25, 0.3) is 22.1 Å². The molecule has 2 amide bonds. The van der Waals surface area contributed by atoms with Crippen LogP contribution in [0.1, 0.15) is 18.4 Å². The van der Waals surface area contributed by atoms with Crippen LogP contribution in [0.15, 0.2) is 64.2 Å². The quantitative estimate of drug-likeness (QED) is 0.573. The summed E-state index contributed by atoms with van der Waals surface area (Å²) in [5, 5.41) is 1.06. The van der Waals surface area contributed by atoms with E-state index < -0.39 is 5.54 Å². The second kappa shape index (κ2) is 8.53. The number of carbonyl (C=O) groups excluding carboxylic acids is 2. The minimum absolute atomic E-state index is 0.00370. The Morgan fingerprint density at radius 2 is 1.94 bits per heavy atom. The van der Waals surface area contributed by atoms with Crippen molar-refractivity contribution < 1.29 is 23.5 Å². The van der Waals surface area contributed by atoms with Gasteiger partial charge in [0.25, 0.3) is 5.91 Å². The highest BCUT2D eigenvalue weighted by molar-refractivity contribution is 6.15. The molecule has 4 heterocycles. The second-order valence-corrected chi connectivity index (χ2v) is 9.51. The number of hydrogen-bond donors (Lipinski definition) is 0. The van der Waals surface area contributed by atoms with Crippen molar-refractivity contribution in [3.8, 4) is 11.1 Å². The van der Waals surface area contributed by atoms with E-state index in [1.54, 1.807) is 11.2 Å². The zero-order valence-corrected chi connectivity index (χ0v) is 19.6. The molecule has 180 valence electrons. The third-order valence-electron chi connectivity index (χ3n) is 7.31. The average Bonchev–Trinajstić information content (AvgIpc) is 3.69. The maximum Gasteiger partial charge on any atom is 0.409 e. The summed E-state index contributed by atoms with van der Waals surface area (Å²) in [4.78, 5) is 34.0. The number of ether oxygens (including phenoxy) is 2. The Labute approximate surface area is 203 Å². The molecular formula is C27H27N3O5. The van der Waals surface area contributed by atoms with Gasteiger partial charge in [0.2, 0.25) is 0 Å². The van der Waals surface area contributed by atoms with Gasteiger partial charge in [0, 0.05) is 43.6 Å². The monoisotopic (exact) mass is 473 g/mol. The van der Waals surface area contributed by atoms with Gasteiger partial charge in [-0.25, -0.2) is 9.79 Å². The molecule has 0 aliphatic carbocycles. The van der Waals surface area contributed by atoms with Crippen LogP contribution >= 0.6 is 0 Å². The van der Waals surface area contributed by atoms with E-state index in [2.05, 4.69) is 18.2 Å². The summed E-state index contributed by atoms with van der Waals surface area (Å²) < 4.78 is 15.9. The summed E-state index contributed by atoms with van der Waals surface area (Å²) in [5.41, 5.74) is 3.11. The number of rotatable bonds is 4. The highest BCUT2D eigenvalue weighted by Crippen LogP contribution is 2.35. The van der Waals surface area contributed by atoms with E-state index >= 15 is 0 Å². The van der Waals surface area contributed by atoms with Crippen molar-refractivity contribution in [1.29, 1.82) is 0 Å². The van der Waals surface area contributed by atoms with Crippen LogP contribution in [-0.2, 0) is 14.3 Å². The smallest absolute Gasteiger partial charge is 0.409 e. The van der Waals surface area contributed by atoms with Gasteiger partial charge in [-0.05, 0) is 41.7 Å². The Balaban J connectivity index is 1.27. The molecule has 1 unspecified atom stereocenters. The summed E-state index contributed by atoms with van der Waals surface area (Å²) in [6.45, 7) is 2.57. The zero-order valence-electron chi connectivity index (χ0n) is 19.6. The van der Waals surface area contributed by atoms with Crippen LogP contribution in [0.5, 0.6) is 0 Å². The predicted molar refractivity (Wildman–Crippen MR) is 130 cm³/mol. The first kappa shape index (κ1) is 21.9. The van der Waals surface area contributed by atoms with Crippen LogP contribution in [-0.4, -0.2) is 73.1 Å². The summed E-state index contributed by atoms with van der Waals surface area (Å²) in [5.74, 6) is 0.853. The van der Waals surface area contributed by atoms with Crippen LogP contribution < -0.4 is 0 Å². The van der Waals surface area contributed by atoms with E-state index in [0.717, 1.165) is 34.1 Å². The summed E-state index contributed by atoms with van der Waals surface area (Å²) in [6, 6.07) is 16.3. The predicted octanol–water partition coefficient (Wildman–Crippen LogP) is 3.94. The first-order valence-corrected chi connectivity index (χ1v) is 12.0. The van der Waals surface area contributed by atoms with Crippen LogP contribution in [0.3, 0.4) is 0 Å². The lowest BCUT2D eigenvalue weighted by atomic mass is 9.98. The molecule has 8 nitrogen and oxygen atoms in total. The normalized spacial score (nSPS) is 24.1. The Morgan fingerprint density at radius 3 is 2.71 bits per heavy atom. The molecule has 3 aromatic rings. The van der Waals surface area contributed by atoms with Gasteiger partial charge in [-0.3, -0.25) is 9.69 Å². The maximum absolute atomic E-state index is 13.6. The van der Waals surface area contributed by atoms with Gasteiger partial charge in [0.15, 0.2) is 5.54 Å². The third kappa shape index (κ3) is 3.78. The first-order chi connectivity index (χ1) is 17.1. The Morgan fingerprint density at radius 1 is 1.14 bits per heavy atom. The highest BCUT2D eigenvalue weighted by atomic mass is 16.5. The molecule has 0 bridgehead atoms. The molecule has 35 heavy (non-hydrogen) atoms. The van der Waals surface area contributed by atoms with Crippen molar-refractivity contribution in [3.63, 3.8) is 0 Å². The van der Waals surface area contributed by atoms with Crippen LogP contribution in [0.4, 0.5) is 4.79 Å². The second-order valence-electron chi connectivity index (χ2n) is 9.51. The Bertz CT molecular complexity index is 1310. The van der Waals surface area contributed by atoms with E-state index in [1.165, 1.54) is 7.11 Å². The molecule has 3 aliphatic rings. The molecule has 1 spiro atoms. The van der Waals surface area contributed by atoms with Gasteiger partial charge in [0.1, 0.15) is 11.4 Å². The van der Waals surface area contributed by atoms with Gasteiger partial charge < -0.3 is 18.8 Å². The number of carbonyl (C=O) groups is 2. The Kier molecular flexibility index (Phi) is 5.33.